The van der Waals surface area contributed by atoms with E-state index in [0.29, 0.717) is 16.6 Å². The Labute approximate surface area is 206 Å². The van der Waals surface area contributed by atoms with Gasteiger partial charge in [-0.15, -0.1) is 0 Å². The Morgan fingerprint density at radius 1 is 0.914 bits per heavy atom. The zero-order chi connectivity index (χ0) is 24.2. The molecule has 1 N–H and O–H groups in total. The minimum Gasteiger partial charge on any atom is -0.478 e. The molecule has 2 heterocycles. The van der Waals surface area contributed by atoms with Crippen molar-refractivity contribution < 1.29 is 14.7 Å². The van der Waals surface area contributed by atoms with E-state index in [9.17, 15) is 9.59 Å². The van der Waals surface area contributed by atoms with Crippen molar-refractivity contribution in [1.29, 1.82) is 0 Å². The maximum atomic E-state index is 13.4. The highest BCUT2D eigenvalue weighted by molar-refractivity contribution is 8.18. The lowest BCUT2D eigenvalue weighted by atomic mass is 10.1. The third-order valence-electron chi connectivity index (χ3n) is 5.48. The monoisotopic (exact) mass is 479 g/mol. The van der Waals surface area contributed by atoms with Crippen molar-refractivity contribution in [2.24, 2.45) is 4.99 Å². The van der Waals surface area contributed by atoms with Crippen LogP contribution in [0.3, 0.4) is 0 Å². The number of aromatic carboxylic acids is 1. The zero-order valence-electron chi connectivity index (χ0n) is 18.6. The van der Waals surface area contributed by atoms with Gasteiger partial charge in [0.1, 0.15) is 0 Å². The summed E-state index contributed by atoms with van der Waals surface area (Å²) in [6.45, 7) is 0.291. The highest BCUT2D eigenvalue weighted by Crippen LogP contribution is 2.35. The summed E-state index contributed by atoms with van der Waals surface area (Å²) in [6, 6.07) is 28.0. The molecule has 0 aliphatic carbocycles. The predicted molar refractivity (Wildman–Crippen MR) is 139 cm³/mol. The highest BCUT2D eigenvalue weighted by atomic mass is 32.2. The van der Waals surface area contributed by atoms with Crippen LogP contribution in [0, 0.1) is 0 Å². The van der Waals surface area contributed by atoms with Gasteiger partial charge in [0.15, 0.2) is 5.17 Å². The normalized spacial score (nSPS) is 15.8. The molecular weight excluding hydrogens is 458 g/mol. The fourth-order valence-electron chi connectivity index (χ4n) is 3.69. The Hall–Kier alpha value is -4.36. The van der Waals surface area contributed by atoms with Crippen molar-refractivity contribution in [2.75, 3.05) is 0 Å². The molecule has 1 aliphatic rings. The molecule has 0 radical (unpaired) electrons. The predicted octanol–water partition coefficient (Wildman–Crippen LogP) is 5.98. The van der Waals surface area contributed by atoms with Gasteiger partial charge in [-0.1, -0.05) is 48.5 Å². The van der Waals surface area contributed by atoms with E-state index in [1.807, 2.05) is 89.8 Å². The summed E-state index contributed by atoms with van der Waals surface area (Å²) in [5, 5.41) is 9.74. The summed E-state index contributed by atoms with van der Waals surface area (Å²) in [5.41, 5.74) is 3.74. The van der Waals surface area contributed by atoms with Crippen molar-refractivity contribution in [2.45, 2.75) is 6.54 Å². The molecule has 1 aliphatic heterocycles. The summed E-state index contributed by atoms with van der Waals surface area (Å²) in [7, 11) is 0. The maximum absolute atomic E-state index is 13.4. The average Bonchev–Trinajstić information content (AvgIpc) is 3.46. The van der Waals surface area contributed by atoms with Crippen LogP contribution < -0.4 is 0 Å². The van der Waals surface area contributed by atoms with E-state index in [2.05, 4.69) is 0 Å². The van der Waals surface area contributed by atoms with E-state index < -0.39 is 5.97 Å². The molecule has 6 nitrogen and oxygen atoms in total. The van der Waals surface area contributed by atoms with E-state index in [1.54, 1.807) is 29.2 Å². The first-order chi connectivity index (χ1) is 17.1. The Morgan fingerprint density at radius 2 is 1.60 bits per heavy atom. The summed E-state index contributed by atoms with van der Waals surface area (Å²) >= 11 is 1.33. The van der Waals surface area contributed by atoms with Gasteiger partial charge in [0.2, 0.25) is 0 Å². The molecular formula is C28H21N3O3S. The second-order valence-corrected chi connectivity index (χ2v) is 8.93. The van der Waals surface area contributed by atoms with Crippen LogP contribution in [0.4, 0.5) is 5.69 Å². The van der Waals surface area contributed by atoms with Crippen LogP contribution in [0.25, 0.3) is 11.8 Å². The number of amides is 1. The van der Waals surface area contributed by atoms with Crippen LogP contribution in [-0.2, 0) is 11.3 Å². The zero-order valence-corrected chi connectivity index (χ0v) is 19.4. The number of carbonyl (C=O) groups excluding carboxylic acids is 1. The van der Waals surface area contributed by atoms with Crippen LogP contribution in [0.1, 0.15) is 21.5 Å². The lowest BCUT2D eigenvalue weighted by Gasteiger charge is -2.16. The van der Waals surface area contributed by atoms with Crippen molar-refractivity contribution in [3.63, 3.8) is 0 Å². The van der Waals surface area contributed by atoms with Crippen molar-refractivity contribution >= 4 is 40.6 Å². The average molecular weight is 480 g/mol. The number of aliphatic imine (C=N–C) groups is 1. The molecule has 5 rings (SSSR count). The van der Waals surface area contributed by atoms with Gasteiger partial charge >= 0.3 is 5.97 Å². The van der Waals surface area contributed by atoms with E-state index in [0.717, 1.165) is 22.5 Å². The van der Waals surface area contributed by atoms with E-state index in [-0.39, 0.29) is 11.5 Å². The third-order valence-corrected chi connectivity index (χ3v) is 6.49. The first-order valence-corrected chi connectivity index (χ1v) is 11.8. The number of rotatable bonds is 6. The van der Waals surface area contributed by atoms with E-state index in [4.69, 9.17) is 10.1 Å². The van der Waals surface area contributed by atoms with Crippen molar-refractivity contribution in [1.82, 2.24) is 9.47 Å². The second-order valence-electron chi connectivity index (χ2n) is 7.92. The van der Waals surface area contributed by atoms with Gasteiger partial charge in [-0.2, -0.15) is 0 Å². The van der Waals surface area contributed by atoms with Gasteiger partial charge in [-0.3, -0.25) is 9.69 Å². The lowest BCUT2D eigenvalue weighted by molar-refractivity contribution is -0.122. The molecule has 4 aromatic rings. The van der Waals surface area contributed by atoms with Crippen LogP contribution in [-0.4, -0.2) is 31.6 Å². The second kappa shape index (κ2) is 9.87. The molecule has 1 fully saturated rings. The summed E-state index contributed by atoms with van der Waals surface area (Å²) in [6.07, 6.45) is 5.82. The smallest absolute Gasteiger partial charge is 0.335 e. The van der Waals surface area contributed by atoms with Crippen molar-refractivity contribution in [3.8, 4) is 5.69 Å². The van der Waals surface area contributed by atoms with Gasteiger partial charge in [0.05, 0.1) is 22.7 Å². The summed E-state index contributed by atoms with van der Waals surface area (Å²) in [5.74, 6) is -1.12. The van der Waals surface area contributed by atoms with E-state index in [1.165, 1.54) is 11.8 Å². The van der Waals surface area contributed by atoms with Crippen LogP contribution in [0.2, 0.25) is 0 Å². The number of carboxylic acid groups (broad SMARTS) is 1. The fourth-order valence-corrected chi connectivity index (χ4v) is 4.69. The number of carbonyl (C=O) groups is 2. The Balaban J connectivity index is 1.45. The Bertz CT molecular complexity index is 1430. The molecule has 3 aromatic carbocycles. The maximum Gasteiger partial charge on any atom is 0.335 e. The Kier molecular flexibility index (Phi) is 6.32. The number of aromatic nitrogens is 1. The number of thioether (sulfide) groups is 1. The van der Waals surface area contributed by atoms with Crippen LogP contribution >= 0.6 is 11.8 Å². The molecule has 1 amide bonds. The third kappa shape index (κ3) is 5.10. The van der Waals surface area contributed by atoms with Gasteiger partial charge in [0, 0.05) is 18.1 Å². The number of hydrogen-bond donors (Lipinski definition) is 1. The molecule has 35 heavy (non-hydrogen) atoms. The van der Waals surface area contributed by atoms with Gasteiger partial charge in [0.25, 0.3) is 5.91 Å². The molecule has 0 spiro atoms. The molecule has 7 heteroatoms. The topological polar surface area (TPSA) is 74.9 Å². The lowest BCUT2D eigenvalue weighted by Crippen LogP contribution is -2.28. The largest absolute Gasteiger partial charge is 0.478 e. The van der Waals surface area contributed by atoms with E-state index >= 15 is 0 Å². The minimum atomic E-state index is -0.983. The Morgan fingerprint density at radius 3 is 2.29 bits per heavy atom. The first kappa shape index (κ1) is 22.4. The number of carboxylic acids is 1. The standard InChI is InChI=1S/C28H21N3O3S/c32-26-25(17-21-15-16-30(18-21)24-9-5-2-6-10-24)35-28(29-23-7-3-1-4-8-23)31(26)19-20-11-13-22(14-12-20)27(33)34/h1-18H,19H2,(H,33,34)/b25-17+,29-28?. The molecule has 172 valence electrons. The summed E-state index contributed by atoms with van der Waals surface area (Å²) < 4.78 is 2.01. The quantitative estimate of drug-likeness (QED) is 0.345. The van der Waals surface area contributed by atoms with Gasteiger partial charge in [-0.25, -0.2) is 9.79 Å². The number of amidine groups is 1. The number of para-hydroxylation sites is 2. The minimum absolute atomic E-state index is 0.139. The molecule has 0 saturated carbocycles. The number of benzene rings is 3. The van der Waals surface area contributed by atoms with Gasteiger partial charge in [-0.05, 0) is 71.4 Å². The molecule has 0 atom stereocenters. The fraction of sp³-hybridized carbons (Fsp3) is 0.0357. The van der Waals surface area contributed by atoms with Crippen LogP contribution in [0.5, 0.6) is 0 Å². The van der Waals surface area contributed by atoms with Crippen LogP contribution in [0.15, 0.2) is 113 Å². The van der Waals surface area contributed by atoms with Gasteiger partial charge < -0.3 is 9.67 Å². The summed E-state index contributed by atoms with van der Waals surface area (Å²) in [4.78, 5) is 31.5. The molecule has 1 aromatic heterocycles. The first-order valence-electron chi connectivity index (χ1n) is 11.0. The number of hydrogen-bond acceptors (Lipinski definition) is 4. The number of nitrogens with zero attached hydrogens (tertiary/aromatic N) is 3. The van der Waals surface area contributed by atoms with Crippen molar-refractivity contribution in [3.05, 3.63) is 125 Å². The molecule has 0 unspecified atom stereocenters. The molecule has 0 bridgehead atoms. The molecule has 1 saturated heterocycles. The SMILES string of the molecule is O=C(O)c1ccc(CN2C(=O)/C(=C\c3ccn(-c4ccccc4)c3)SC2=Nc2ccccc2)cc1. The highest BCUT2D eigenvalue weighted by Gasteiger charge is 2.33.